The Labute approximate surface area is 89.4 Å². The van der Waals surface area contributed by atoms with E-state index < -0.39 is 0 Å². The first-order valence-electron chi connectivity index (χ1n) is 5.20. The summed E-state index contributed by atoms with van der Waals surface area (Å²) in [5, 5.41) is 0. The molecule has 2 N–H and O–H groups in total. The van der Waals surface area contributed by atoms with Gasteiger partial charge in [-0.05, 0) is 19.1 Å². The molecule has 82 valence electrons. The van der Waals surface area contributed by atoms with Crippen molar-refractivity contribution in [3.05, 3.63) is 23.5 Å². The highest BCUT2D eigenvalue weighted by atomic mass is 16.5. The van der Waals surface area contributed by atoms with Crippen molar-refractivity contribution in [2.75, 3.05) is 13.2 Å². The Bertz CT molecular complexity index is 335. The van der Waals surface area contributed by atoms with Crippen molar-refractivity contribution < 1.29 is 9.47 Å². The van der Waals surface area contributed by atoms with Gasteiger partial charge < -0.3 is 15.2 Å². The number of pyridine rings is 1. The number of nitrogens with two attached hydrogens (primary N) is 1. The van der Waals surface area contributed by atoms with Crippen molar-refractivity contribution in [1.82, 2.24) is 4.98 Å². The van der Waals surface area contributed by atoms with Crippen LogP contribution >= 0.6 is 0 Å². The second kappa shape index (κ2) is 4.59. The molecule has 4 heteroatoms. The quantitative estimate of drug-likeness (QED) is 0.805. The van der Waals surface area contributed by atoms with Gasteiger partial charge in [-0.25, -0.2) is 0 Å². The third kappa shape index (κ3) is 2.46. The molecule has 0 radical (unpaired) electrons. The van der Waals surface area contributed by atoms with Crippen LogP contribution in [0.4, 0.5) is 0 Å². The lowest BCUT2D eigenvalue weighted by Gasteiger charge is -2.14. The topological polar surface area (TPSA) is 57.4 Å². The largest absolute Gasteiger partial charge is 0.486 e. The molecule has 2 heterocycles. The second-order valence-electron chi connectivity index (χ2n) is 3.71. The van der Waals surface area contributed by atoms with Crippen LogP contribution in [0.15, 0.2) is 12.1 Å². The number of hydrogen-bond acceptors (Lipinski definition) is 4. The zero-order valence-corrected chi connectivity index (χ0v) is 8.90. The molecule has 0 bridgehead atoms. The van der Waals surface area contributed by atoms with Crippen molar-refractivity contribution in [3.63, 3.8) is 0 Å². The summed E-state index contributed by atoms with van der Waals surface area (Å²) in [6.45, 7) is 3.80. The molecule has 15 heavy (non-hydrogen) atoms. The lowest BCUT2D eigenvalue weighted by Crippen LogP contribution is -2.17. The fraction of sp³-hybridized carbons (Fsp3) is 0.545. The van der Waals surface area contributed by atoms with Gasteiger partial charge in [0, 0.05) is 18.7 Å². The van der Waals surface area contributed by atoms with Gasteiger partial charge in [0.15, 0.2) is 0 Å². The first-order valence-corrected chi connectivity index (χ1v) is 5.20. The van der Waals surface area contributed by atoms with Gasteiger partial charge in [-0.2, -0.15) is 0 Å². The fourth-order valence-corrected chi connectivity index (χ4v) is 1.64. The van der Waals surface area contributed by atoms with Crippen LogP contribution in [0, 0.1) is 6.92 Å². The lowest BCUT2D eigenvalue weighted by molar-refractivity contribution is 0.140. The summed E-state index contributed by atoms with van der Waals surface area (Å²) in [5.74, 6) is 0.790. The molecule has 2 rings (SSSR count). The minimum absolute atomic E-state index is 0.153. The van der Waals surface area contributed by atoms with Crippen molar-refractivity contribution >= 4 is 0 Å². The molecule has 1 aliphatic heterocycles. The van der Waals surface area contributed by atoms with Gasteiger partial charge >= 0.3 is 0 Å². The van der Waals surface area contributed by atoms with Crippen LogP contribution in [0.2, 0.25) is 0 Å². The number of hydrogen-bond donors (Lipinski definition) is 1. The molecule has 0 aromatic carbocycles. The highest BCUT2D eigenvalue weighted by Crippen LogP contribution is 2.20. The molecule has 1 atom stereocenters. The standard InChI is InChI=1S/C11H16N2O2/c1-8-2-3-11(10(6-12)13-8)15-9-4-5-14-7-9/h2-3,9H,4-7,12H2,1H3. The monoisotopic (exact) mass is 208 g/mol. The Hall–Kier alpha value is -1.13. The van der Waals surface area contributed by atoms with Gasteiger partial charge in [0.05, 0.1) is 18.9 Å². The van der Waals surface area contributed by atoms with E-state index in [2.05, 4.69) is 4.98 Å². The molecule has 1 fully saturated rings. The maximum Gasteiger partial charge on any atom is 0.142 e. The lowest BCUT2D eigenvalue weighted by atomic mass is 10.2. The summed E-state index contributed by atoms with van der Waals surface area (Å²) in [6, 6.07) is 3.87. The molecule has 0 amide bonds. The Morgan fingerprint density at radius 3 is 3.13 bits per heavy atom. The van der Waals surface area contributed by atoms with E-state index >= 15 is 0 Å². The van der Waals surface area contributed by atoms with E-state index in [9.17, 15) is 0 Å². The molecular weight excluding hydrogens is 192 g/mol. The van der Waals surface area contributed by atoms with Crippen molar-refractivity contribution in [1.29, 1.82) is 0 Å². The normalized spacial score (nSPS) is 20.5. The molecule has 0 aliphatic carbocycles. The highest BCUT2D eigenvalue weighted by Gasteiger charge is 2.18. The van der Waals surface area contributed by atoms with E-state index in [4.69, 9.17) is 15.2 Å². The maximum absolute atomic E-state index is 5.78. The first-order chi connectivity index (χ1) is 7.29. The van der Waals surface area contributed by atoms with E-state index in [1.54, 1.807) is 0 Å². The van der Waals surface area contributed by atoms with Crippen LogP contribution in [0.1, 0.15) is 17.8 Å². The third-order valence-electron chi connectivity index (χ3n) is 2.45. The van der Waals surface area contributed by atoms with E-state index in [0.29, 0.717) is 13.2 Å². The highest BCUT2D eigenvalue weighted by molar-refractivity contribution is 5.29. The van der Waals surface area contributed by atoms with Gasteiger partial charge in [0.1, 0.15) is 11.9 Å². The summed E-state index contributed by atoms with van der Waals surface area (Å²) in [7, 11) is 0. The van der Waals surface area contributed by atoms with Gasteiger partial charge in [-0.3, -0.25) is 4.98 Å². The summed E-state index contributed by atoms with van der Waals surface area (Å²) in [5.41, 5.74) is 7.40. The zero-order valence-electron chi connectivity index (χ0n) is 8.90. The molecule has 1 aromatic rings. The number of ether oxygens (including phenoxy) is 2. The second-order valence-corrected chi connectivity index (χ2v) is 3.71. The van der Waals surface area contributed by atoms with Gasteiger partial charge in [0.2, 0.25) is 0 Å². The van der Waals surface area contributed by atoms with Crippen LogP contribution in [0.5, 0.6) is 5.75 Å². The molecule has 1 saturated heterocycles. The van der Waals surface area contributed by atoms with Crippen molar-refractivity contribution in [2.45, 2.75) is 26.0 Å². The third-order valence-corrected chi connectivity index (χ3v) is 2.45. The number of aromatic nitrogens is 1. The summed E-state index contributed by atoms with van der Waals surface area (Å²) < 4.78 is 11.0. The molecule has 1 unspecified atom stereocenters. The summed E-state index contributed by atoms with van der Waals surface area (Å²) in [6.07, 6.45) is 1.09. The average Bonchev–Trinajstić information content (AvgIpc) is 2.73. The Balaban J connectivity index is 2.12. The molecule has 0 spiro atoms. The van der Waals surface area contributed by atoms with Crippen LogP contribution in [0.3, 0.4) is 0 Å². The Kier molecular flexibility index (Phi) is 3.18. The van der Waals surface area contributed by atoms with Crippen LogP contribution in [-0.4, -0.2) is 24.3 Å². The molecule has 0 saturated carbocycles. The number of aryl methyl sites for hydroxylation is 1. The number of rotatable bonds is 3. The fourth-order valence-electron chi connectivity index (χ4n) is 1.64. The van der Waals surface area contributed by atoms with Gasteiger partial charge in [0.25, 0.3) is 0 Å². The van der Waals surface area contributed by atoms with E-state index in [-0.39, 0.29) is 6.10 Å². The van der Waals surface area contributed by atoms with Crippen molar-refractivity contribution in [2.24, 2.45) is 5.73 Å². The molecular formula is C11H16N2O2. The van der Waals surface area contributed by atoms with Crippen LogP contribution in [0.25, 0.3) is 0 Å². The Morgan fingerprint density at radius 1 is 1.60 bits per heavy atom. The zero-order chi connectivity index (χ0) is 10.7. The predicted octanol–water partition coefficient (Wildman–Crippen LogP) is 1.02. The smallest absolute Gasteiger partial charge is 0.142 e. The molecule has 4 nitrogen and oxygen atoms in total. The summed E-state index contributed by atoms with van der Waals surface area (Å²) >= 11 is 0. The average molecular weight is 208 g/mol. The maximum atomic E-state index is 5.78. The Morgan fingerprint density at radius 2 is 2.47 bits per heavy atom. The van der Waals surface area contributed by atoms with E-state index in [0.717, 1.165) is 30.2 Å². The molecule has 1 aliphatic rings. The van der Waals surface area contributed by atoms with Crippen molar-refractivity contribution in [3.8, 4) is 5.75 Å². The SMILES string of the molecule is Cc1ccc(OC2CCOC2)c(CN)n1. The first kappa shape index (κ1) is 10.4. The predicted molar refractivity (Wildman–Crippen MR) is 56.7 cm³/mol. The summed E-state index contributed by atoms with van der Waals surface area (Å²) in [4.78, 5) is 4.34. The molecule has 1 aromatic heterocycles. The van der Waals surface area contributed by atoms with Crippen LogP contribution < -0.4 is 10.5 Å². The van der Waals surface area contributed by atoms with Crippen LogP contribution in [-0.2, 0) is 11.3 Å². The minimum Gasteiger partial charge on any atom is -0.486 e. The van der Waals surface area contributed by atoms with Gasteiger partial charge in [-0.1, -0.05) is 0 Å². The van der Waals surface area contributed by atoms with E-state index in [1.807, 2.05) is 19.1 Å². The van der Waals surface area contributed by atoms with Gasteiger partial charge in [-0.15, -0.1) is 0 Å². The van der Waals surface area contributed by atoms with E-state index in [1.165, 1.54) is 0 Å². The number of nitrogens with zero attached hydrogens (tertiary/aromatic N) is 1. The minimum atomic E-state index is 0.153.